The quantitative estimate of drug-likeness (QED) is 0.446. The fourth-order valence-corrected chi connectivity index (χ4v) is 1.16. The van der Waals surface area contributed by atoms with Crippen LogP contribution in [0.1, 0.15) is 13.3 Å². The summed E-state index contributed by atoms with van der Waals surface area (Å²) in [7, 11) is 7.29. The molecule has 0 N–H and O–H groups in total. The molecule has 0 rings (SSSR count). The molecule has 0 aliphatic rings. The van der Waals surface area contributed by atoms with Gasteiger partial charge < -0.3 is 4.74 Å². The van der Waals surface area contributed by atoms with E-state index in [9.17, 15) is 4.79 Å². The van der Waals surface area contributed by atoms with Gasteiger partial charge in [-0.15, -0.1) is 0 Å². The van der Waals surface area contributed by atoms with Crippen molar-refractivity contribution in [3.8, 4) is 0 Å². The Labute approximate surface area is 80.5 Å². The smallest absolute Gasteiger partial charge is 0.237 e. The van der Waals surface area contributed by atoms with Gasteiger partial charge in [0.15, 0.2) is 6.29 Å². The SMILES string of the molecule is CCCOC(C=O)(N(C)C)N(C)C. The van der Waals surface area contributed by atoms with E-state index in [2.05, 4.69) is 0 Å². The lowest BCUT2D eigenvalue weighted by atomic mass is 10.3. The van der Waals surface area contributed by atoms with Gasteiger partial charge in [0.1, 0.15) is 0 Å². The third-order valence-electron chi connectivity index (χ3n) is 1.95. The van der Waals surface area contributed by atoms with E-state index in [4.69, 9.17) is 4.74 Å². The van der Waals surface area contributed by atoms with Crippen LogP contribution in [0.25, 0.3) is 0 Å². The summed E-state index contributed by atoms with van der Waals surface area (Å²) in [5, 5.41) is 0. The van der Waals surface area contributed by atoms with E-state index >= 15 is 0 Å². The van der Waals surface area contributed by atoms with Crippen LogP contribution >= 0.6 is 0 Å². The minimum atomic E-state index is -0.921. The van der Waals surface area contributed by atoms with Crippen molar-refractivity contribution in [2.75, 3.05) is 34.8 Å². The molecule has 4 heteroatoms. The predicted molar refractivity (Wildman–Crippen MR) is 52.4 cm³/mol. The average molecular weight is 188 g/mol. The minimum Gasteiger partial charge on any atom is -0.341 e. The summed E-state index contributed by atoms with van der Waals surface area (Å²) in [6.07, 6.45) is 1.72. The van der Waals surface area contributed by atoms with E-state index < -0.39 is 5.85 Å². The lowest BCUT2D eigenvalue weighted by Crippen LogP contribution is -2.58. The van der Waals surface area contributed by atoms with Gasteiger partial charge in [0, 0.05) is 0 Å². The van der Waals surface area contributed by atoms with Gasteiger partial charge in [-0.05, 0) is 34.6 Å². The number of rotatable bonds is 6. The summed E-state index contributed by atoms with van der Waals surface area (Å²) in [6, 6.07) is 0. The molecule has 4 nitrogen and oxygen atoms in total. The standard InChI is InChI=1S/C9H20N2O2/c1-6-7-13-9(8-12,10(2)3)11(4)5/h8H,6-7H2,1-5H3. The zero-order valence-corrected chi connectivity index (χ0v) is 9.20. The summed E-state index contributed by atoms with van der Waals surface area (Å²) >= 11 is 0. The zero-order valence-electron chi connectivity index (χ0n) is 9.20. The second kappa shape index (κ2) is 5.32. The lowest BCUT2D eigenvalue weighted by Gasteiger charge is -2.39. The van der Waals surface area contributed by atoms with Crippen LogP contribution in [-0.2, 0) is 9.53 Å². The molecule has 0 bridgehead atoms. The first-order valence-corrected chi connectivity index (χ1v) is 4.46. The Balaban J connectivity index is 4.55. The summed E-state index contributed by atoms with van der Waals surface area (Å²) in [6.45, 7) is 2.59. The summed E-state index contributed by atoms with van der Waals surface area (Å²) in [4.78, 5) is 14.5. The molecule has 0 radical (unpaired) electrons. The molecule has 0 aromatic rings. The number of nitrogens with zero attached hydrogens (tertiary/aromatic N) is 2. The maximum Gasteiger partial charge on any atom is 0.237 e. The second-order valence-corrected chi connectivity index (χ2v) is 3.41. The number of hydrogen-bond donors (Lipinski definition) is 0. The predicted octanol–water partition coefficient (Wildman–Crippen LogP) is 0.389. The van der Waals surface area contributed by atoms with Gasteiger partial charge in [-0.1, -0.05) is 6.92 Å². The molecule has 0 aromatic carbocycles. The molecule has 0 fully saturated rings. The van der Waals surface area contributed by atoms with E-state index in [1.54, 1.807) is 9.80 Å². The fourth-order valence-electron chi connectivity index (χ4n) is 1.16. The van der Waals surface area contributed by atoms with Gasteiger partial charge in [0.25, 0.3) is 0 Å². The average Bonchev–Trinajstić information content (AvgIpc) is 2.05. The van der Waals surface area contributed by atoms with Gasteiger partial charge in [-0.2, -0.15) is 0 Å². The van der Waals surface area contributed by atoms with Gasteiger partial charge in [0.2, 0.25) is 5.85 Å². The maximum absolute atomic E-state index is 11.0. The monoisotopic (exact) mass is 188 g/mol. The van der Waals surface area contributed by atoms with E-state index in [-0.39, 0.29) is 0 Å². The van der Waals surface area contributed by atoms with Crippen molar-refractivity contribution in [3.63, 3.8) is 0 Å². The molecule has 0 unspecified atom stereocenters. The van der Waals surface area contributed by atoms with Crippen molar-refractivity contribution < 1.29 is 9.53 Å². The Morgan fingerprint density at radius 1 is 1.23 bits per heavy atom. The third kappa shape index (κ3) is 2.76. The molecular weight excluding hydrogens is 168 g/mol. The van der Waals surface area contributed by atoms with Crippen LogP contribution in [0, 0.1) is 0 Å². The Hall–Kier alpha value is -0.450. The highest BCUT2D eigenvalue weighted by atomic mass is 16.5. The lowest BCUT2D eigenvalue weighted by molar-refractivity contribution is -0.205. The van der Waals surface area contributed by atoms with Gasteiger partial charge in [-0.25, -0.2) is 0 Å². The van der Waals surface area contributed by atoms with Crippen molar-refractivity contribution in [2.24, 2.45) is 0 Å². The fraction of sp³-hybridized carbons (Fsp3) is 0.889. The first kappa shape index (κ1) is 12.6. The number of carbonyl (C=O) groups is 1. The minimum absolute atomic E-state index is 0.578. The molecule has 0 aliphatic carbocycles. The Morgan fingerprint density at radius 3 is 1.92 bits per heavy atom. The molecule has 0 spiro atoms. The molecule has 0 saturated carbocycles. The van der Waals surface area contributed by atoms with E-state index in [0.717, 1.165) is 12.7 Å². The van der Waals surface area contributed by atoms with Crippen molar-refractivity contribution in [1.29, 1.82) is 0 Å². The van der Waals surface area contributed by atoms with Crippen LogP contribution < -0.4 is 0 Å². The molecule has 0 atom stereocenters. The van der Waals surface area contributed by atoms with Crippen LogP contribution in [0.15, 0.2) is 0 Å². The number of hydrogen-bond acceptors (Lipinski definition) is 4. The zero-order chi connectivity index (χ0) is 10.5. The summed E-state index contributed by atoms with van der Waals surface area (Å²) in [5.74, 6) is -0.921. The van der Waals surface area contributed by atoms with Crippen molar-refractivity contribution in [1.82, 2.24) is 9.80 Å². The number of likely N-dealkylation sites (N-methyl/N-ethyl adjacent to an activating group) is 2. The van der Waals surface area contributed by atoms with Crippen LogP contribution in [0.4, 0.5) is 0 Å². The Bertz CT molecular complexity index is 150. The largest absolute Gasteiger partial charge is 0.341 e. The number of ether oxygens (including phenoxy) is 1. The van der Waals surface area contributed by atoms with Crippen LogP contribution in [0.2, 0.25) is 0 Å². The second-order valence-electron chi connectivity index (χ2n) is 3.41. The van der Waals surface area contributed by atoms with Crippen molar-refractivity contribution in [3.05, 3.63) is 0 Å². The highest BCUT2D eigenvalue weighted by Gasteiger charge is 2.35. The van der Waals surface area contributed by atoms with E-state index in [1.807, 2.05) is 35.1 Å². The summed E-state index contributed by atoms with van der Waals surface area (Å²) < 4.78 is 5.53. The van der Waals surface area contributed by atoms with E-state index in [0.29, 0.717) is 6.61 Å². The number of carbonyl (C=O) groups excluding carboxylic acids is 1. The van der Waals surface area contributed by atoms with E-state index in [1.165, 1.54) is 0 Å². The molecular formula is C9H20N2O2. The van der Waals surface area contributed by atoms with Crippen LogP contribution in [0.3, 0.4) is 0 Å². The molecule has 0 aromatic heterocycles. The van der Waals surface area contributed by atoms with Crippen LogP contribution in [-0.4, -0.2) is 56.7 Å². The van der Waals surface area contributed by atoms with Crippen molar-refractivity contribution in [2.45, 2.75) is 19.2 Å². The molecule has 0 heterocycles. The highest BCUT2D eigenvalue weighted by Crippen LogP contribution is 2.14. The topological polar surface area (TPSA) is 32.8 Å². The van der Waals surface area contributed by atoms with Gasteiger partial charge >= 0.3 is 0 Å². The maximum atomic E-state index is 11.0. The summed E-state index contributed by atoms with van der Waals surface area (Å²) in [5.41, 5.74) is 0. The third-order valence-corrected chi connectivity index (χ3v) is 1.95. The van der Waals surface area contributed by atoms with Gasteiger partial charge in [-0.3, -0.25) is 14.6 Å². The van der Waals surface area contributed by atoms with Crippen molar-refractivity contribution >= 4 is 6.29 Å². The molecule has 13 heavy (non-hydrogen) atoms. The van der Waals surface area contributed by atoms with Gasteiger partial charge in [0.05, 0.1) is 6.61 Å². The first-order chi connectivity index (χ1) is 6.01. The Kier molecular flexibility index (Phi) is 5.13. The molecule has 78 valence electrons. The van der Waals surface area contributed by atoms with Crippen LogP contribution in [0.5, 0.6) is 0 Å². The molecule has 0 amide bonds. The molecule has 0 saturated heterocycles. The highest BCUT2D eigenvalue weighted by molar-refractivity contribution is 5.60. The number of aldehydes is 1. The first-order valence-electron chi connectivity index (χ1n) is 4.46. The Morgan fingerprint density at radius 2 is 1.69 bits per heavy atom. The molecule has 0 aliphatic heterocycles. The normalized spacial score (nSPS) is 12.5.